The highest BCUT2D eigenvalue weighted by atomic mass is 35.5. The minimum absolute atomic E-state index is 0.312. The van der Waals surface area contributed by atoms with E-state index in [1.54, 1.807) is 25.1 Å². The molecule has 0 bridgehead atoms. The lowest BCUT2D eigenvalue weighted by Gasteiger charge is -2.14. The minimum Gasteiger partial charge on any atom is -0.479 e. The number of carbonyl (C=O) groups excluding carboxylic acids is 1. The first kappa shape index (κ1) is 20.6. The van der Waals surface area contributed by atoms with Gasteiger partial charge in [-0.05, 0) is 36.6 Å². The quantitative estimate of drug-likeness (QED) is 0.524. The first-order valence-corrected chi connectivity index (χ1v) is 10.3. The number of nitrogens with zero attached hydrogens (tertiary/aromatic N) is 2. The molecule has 1 aromatic heterocycles. The van der Waals surface area contributed by atoms with Crippen molar-refractivity contribution in [2.24, 2.45) is 0 Å². The summed E-state index contributed by atoms with van der Waals surface area (Å²) in [4.78, 5) is 12.4. The molecule has 0 aliphatic rings. The molecule has 0 fully saturated rings. The fraction of sp³-hybridized carbons (Fsp3) is 0.250. The fourth-order valence-electron chi connectivity index (χ4n) is 2.57. The summed E-state index contributed by atoms with van der Waals surface area (Å²) < 4.78 is 5.62. The Labute approximate surface area is 177 Å². The molecule has 0 saturated heterocycles. The highest BCUT2D eigenvalue weighted by Crippen LogP contribution is 2.29. The van der Waals surface area contributed by atoms with Crippen LogP contribution in [0, 0.1) is 0 Å². The summed E-state index contributed by atoms with van der Waals surface area (Å²) in [5.41, 5.74) is 1.24. The fourth-order valence-corrected chi connectivity index (χ4v) is 3.89. The lowest BCUT2D eigenvalue weighted by molar-refractivity contribution is -0.122. The van der Waals surface area contributed by atoms with E-state index in [1.165, 1.54) is 16.9 Å². The molecule has 1 N–H and O–H groups in total. The maximum absolute atomic E-state index is 12.4. The van der Waals surface area contributed by atoms with Gasteiger partial charge in [-0.3, -0.25) is 10.1 Å². The van der Waals surface area contributed by atoms with Crippen molar-refractivity contribution >= 4 is 45.6 Å². The Morgan fingerprint density at radius 2 is 1.89 bits per heavy atom. The second-order valence-corrected chi connectivity index (χ2v) is 8.25. The predicted octanol–water partition coefficient (Wildman–Crippen LogP) is 5.60. The van der Waals surface area contributed by atoms with Crippen LogP contribution in [-0.2, 0) is 11.2 Å². The zero-order valence-electron chi connectivity index (χ0n) is 15.4. The molecule has 0 aliphatic carbocycles. The Bertz CT molecular complexity index is 950. The minimum atomic E-state index is -0.755. The van der Waals surface area contributed by atoms with Crippen LogP contribution in [0.1, 0.15) is 30.3 Å². The smallest absolute Gasteiger partial charge is 0.266 e. The molecule has 8 heteroatoms. The summed E-state index contributed by atoms with van der Waals surface area (Å²) in [5.74, 6) is 0.375. The summed E-state index contributed by atoms with van der Waals surface area (Å²) in [5, 5.41) is 13.1. The van der Waals surface area contributed by atoms with E-state index >= 15 is 0 Å². The summed E-state index contributed by atoms with van der Waals surface area (Å²) >= 11 is 13.3. The third kappa shape index (κ3) is 5.44. The number of nitrogens with one attached hydrogen (secondary N) is 1. The zero-order valence-corrected chi connectivity index (χ0v) is 17.7. The Kier molecular flexibility index (Phi) is 6.88. The zero-order chi connectivity index (χ0) is 20.1. The standard InChI is InChI=1S/C20H19Cl2N3O2S/c1-12(14-6-4-3-5-7-14)10-18-24-25-20(28-18)23-19(26)13(2)27-17-9-8-15(21)11-16(17)22/h3-9,11-13H,10H2,1-2H3,(H,23,25,26). The number of ether oxygens (including phenoxy) is 1. The van der Waals surface area contributed by atoms with Crippen LogP contribution in [0.25, 0.3) is 0 Å². The lowest BCUT2D eigenvalue weighted by Crippen LogP contribution is -2.30. The number of aromatic nitrogens is 2. The van der Waals surface area contributed by atoms with Gasteiger partial charge in [-0.25, -0.2) is 0 Å². The molecule has 1 amide bonds. The van der Waals surface area contributed by atoms with Crippen molar-refractivity contribution in [1.82, 2.24) is 10.2 Å². The molecule has 28 heavy (non-hydrogen) atoms. The van der Waals surface area contributed by atoms with Gasteiger partial charge in [-0.2, -0.15) is 0 Å². The highest BCUT2D eigenvalue weighted by Gasteiger charge is 2.19. The molecule has 0 saturated carbocycles. The van der Waals surface area contributed by atoms with Gasteiger partial charge in [-0.1, -0.05) is 71.8 Å². The van der Waals surface area contributed by atoms with Crippen LogP contribution in [-0.4, -0.2) is 22.2 Å². The molecule has 0 spiro atoms. The number of hydrogen-bond acceptors (Lipinski definition) is 5. The number of rotatable bonds is 7. The van der Waals surface area contributed by atoms with Crippen molar-refractivity contribution in [2.75, 3.05) is 5.32 Å². The van der Waals surface area contributed by atoms with Gasteiger partial charge in [0.05, 0.1) is 5.02 Å². The molecule has 5 nitrogen and oxygen atoms in total. The Balaban J connectivity index is 1.57. The average Bonchev–Trinajstić information content (AvgIpc) is 3.11. The number of hydrogen-bond donors (Lipinski definition) is 1. The van der Waals surface area contributed by atoms with Crippen molar-refractivity contribution in [3.05, 3.63) is 69.1 Å². The van der Waals surface area contributed by atoms with E-state index in [0.717, 1.165) is 11.4 Å². The first-order valence-electron chi connectivity index (χ1n) is 8.72. The van der Waals surface area contributed by atoms with Gasteiger partial charge in [0.2, 0.25) is 5.13 Å². The molecular weight excluding hydrogens is 417 g/mol. The molecule has 0 aliphatic heterocycles. The molecule has 0 radical (unpaired) electrons. The summed E-state index contributed by atoms with van der Waals surface area (Å²) in [6, 6.07) is 15.1. The third-order valence-electron chi connectivity index (χ3n) is 4.11. The Morgan fingerprint density at radius 3 is 2.61 bits per heavy atom. The van der Waals surface area contributed by atoms with Crippen molar-refractivity contribution in [3.8, 4) is 5.75 Å². The summed E-state index contributed by atoms with van der Waals surface area (Å²) in [7, 11) is 0. The molecule has 3 aromatic rings. The van der Waals surface area contributed by atoms with Crippen molar-refractivity contribution in [2.45, 2.75) is 32.3 Å². The molecule has 1 heterocycles. The second-order valence-electron chi connectivity index (χ2n) is 6.34. The summed E-state index contributed by atoms with van der Waals surface area (Å²) in [6.07, 6.45) is -0.00135. The molecule has 146 valence electrons. The summed E-state index contributed by atoms with van der Waals surface area (Å²) in [6.45, 7) is 3.78. The molecule has 2 atom stereocenters. The van der Waals surface area contributed by atoms with Gasteiger partial charge >= 0.3 is 0 Å². The molecule has 2 unspecified atom stereocenters. The van der Waals surface area contributed by atoms with Crippen molar-refractivity contribution < 1.29 is 9.53 Å². The van der Waals surface area contributed by atoms with Crippen LogP contribution < -0.4 is 10.1 Å². The van der Waals surface area contributed by atoms with E-state index in [2.05, 4.69) is 34.6 Å². The monoisotopic (exact) mass is 435 g/mol. The molecule has 3 rings (SSSR count). The normalized spacial score (nSPS) is 13.0. The van der Waals surface area contributed by atoms with Crippen molar-refractivity contribution in [1.29, 1.82) is 0 Å². The van der Waals surface area contributed by atoms with E-state index < -0.39 is 6.10 Å². The van der Waals surface area contributed by atoms with E-state index in [1.807, 2.05) is 18.2 Å². The van der Waals surface area contributed by atoms with E-state index in [0.29, 0.717) is 26.8 Å². The van der Waals surface area contributed by atoms with Crippen LogP contribution in [0.15, 0.2) is 48.5 Å². The largest absolute Gasteiger partial charge is 0.479 e. The van der Waals surface area contributed by atoms with Crippen LogP contribution in [0.4, 0.5) is 5.13 Å². The Hall–Kier alpha value is -2.15. The molecular formula is C20H19Cl2N3O2S. The second kappa shape index (κ2) is 9.37. The van der Waals surface area contributed by atoms with Gasteiger partial charge in [0.25, 0.3) is 5.91 Å². The lowest BCUT2D eigenvalue weighted by atomic mass is 9.98. The number of halogens is 2. The number of carbonyl (C=O) groups is 1. The maximum atomic E-state index is 12.4. The van der Waals surface area contributed by atoms with Gasteiger partial charge in [0, 0.05) is 11.4 Å². The molecule has 2 aromatic carbocycles. The SMILES string of the molecule is CC(Oc1ccc(Cl)cc1Cl)C(=O)Nc1nnc(CC(C)c2ccccc2)s1. The Morgan fingerprint density at radius 1 is 1.14 bits per heavy atom. The average molecular weight is 436 g/mol. The van der Waals surface area contributed by atoms with E-state index in [-0.39, 0.29) is 5.91 Å². The predicted molar refractivity (Wildman–Crippen MR) is 114 cm³/mol. The number of anilines is 1. The van der Waals surface area contributed by atoms with Crippen molar-refractivity contribution in [3.63, 3.8) is 0 Å². The topological polar surface area (TPSA) is 64.1 Å². The maximum Gasteiger partial charge on any atom is 0.266 e. The van der Waals surface area contributed by atoms with Gasteiger partial charge in [-0.15, -0.1) is 10.2 Å². The van der Waals surface area contributed by atoms with Crippen LogP contribution >= 0.6 is 34.5 Å². The van der Waals surface area contributed by atoms with Gasteiger partial charge in [0.15, 0.2) is 6.10 Å². The van der Waals surface area contributed by atoms with Gasteiger partial charge < -0.3 is 4.74 Å². The van der Waals surface area contributed by atoms with Crippen LogP contribution in [0.2, 0.25) is 10.0 Å². The van der Waals surface area contributed by atoms with Crippen LogP contribution in [0.3, 0.4) is 0 Å². The number of benzene rings is 2. The van der Waals surface area contributed by atoms with Gasteiger partial charge in [0.1, 0.15) is 10.8 Å². The van der Waals surface area contributed by atoms with Crippen LogP contribution in [0.5, 0.6) is 5.75 Å². The first-order chi connectivity index (χ1) is 13.4. The highest BCUT2D eigenvalue weighted by molar-refractivity contribution is 7.15. The van der Waals surface area contributed by atoms with E-state index in [4.69, 9.17) is 27.9 Å². The third-order valence-corrected chi connectivity index (χ3v) is 5.50. The number of amides is 1. The van der Waals surface area contributed by atoms with E-state index in [9.17, 15) is 4.79 Å².